The van der Waals surface area contributed by atoms with Crippen molar-refractivity contribution in [3.8, 4) is 0 Å². The second-order valence-corrected chi connectivity index (χ2v) is 6.52. The number of nitrogens with zero attached hydrogens (tertiary/aromatic N) is 2. The molecule has 124 valence electrons. The van der Waals surface area contributed by atoms with Crippen molar-refractivity contribution in [2.24, 2.45) is 0 Å². The molecular formula is C19H21N3OS. The number of hydrogen-bond acceptors (Lipinski definition) is 3. The van der Waals surface area contributed by atoms with Gasteiger partial charge in [0.2, 0.25) is 0 Å². The van der Waals surface area contributed by atoms with Crippen molar-refractivity contribution in [3.63, 3.8) is 0 Å². The summed E-state index contributed by atoms with van der Waals surface area (Å²) in [7, 11) is 0. The summed E-state index contributed by atoms with van der Waals surface area (Å²) in [6, 6.07) is 15.8. The Morgan fingerprint density at radius 1 is 1.17 bits per heavy atom. The molecular weight excluding hydrogens is 318 g/mol. The van der Waals surface area contributed by atoms with Crippen molar-refractivity contribution in [1.29, 1.82) is 0 Å². The predicted octanol–water partition coefficient (Wildman–Crippen LogP) is 3.89. The van der Waals surface area contributed by atoms with E-state index in [-0.39, 0.29) is 5.91 Å². The van der Waals surface area contributed by atoms with E-state index in [0.717, 1.165) is 34.7 Å². The number of para-hydroxylation sites is 2. The van der Waals surface area contributed by atoms with E-state index < -0.39 is 0 Å². The summed E-state index contributed by atoms with van der Waals surface area (Å²) in [4.78, 5) is 17.9. The Balaban J connectivity index is 1.54. The molecule has 3 aromatic rings. The summed E-state index contributed by atoms with van der Waals surface area (Å²) in [5.41, 5.74) is 2.87. The lowest BCUT2D eigenvalue weighted by Gasteiger charge is -2.08. The van der Waals surface area contributed by atoms with Gasteiger partial charge in [-0.15, -0.1) is 11.8 Å². The molecule has 5 heteroatoms. The molecule has 0 aliphatic carbocycles. The molecule has 0 bridgehead atoms. The quantitative estimate of drug-likeness (QED) is 0.547. The zero-order valence-electron chi connectivity index (χ0n) is 14.0. The molecule has 0 unspecified atom stereocenters. The van der Waals surface area contributed by atoms with Gasteiger partial charge in [0.15, 0.2) is 0 Å². The van der Waals surface area contributed by atoms with Gasteiger partial charge in [-0.05, 0) is 56.0 Å². The Morgan fingerprint density at radius 2 is 1.92 bits per heavy atom. The Morgan fingerprint density at radius 3 is 2.67 bits per heavy atom. The molecule has 3 rings (SSSR count). The van der Waals surface area contributed by atoms with E-state index in [2.05, 4.69) is 20.9 Å². The SMILES string of the molecule is CSc1ccc(C(=O)NCCCn2c(C)nc3ccccc32)cc1. The summed E-state index contributed by atoms with van der Waals surface area (Å²) in [5.74, 6) is 0.991. The first-order chi connectivity index (χ1) is 11.7. The van der Waals surface area contributed by atoms with Gasteiger partial charge in [0.25, 0.3) is 5.91 Å². The number of rotatable bonds is 6. The molecule has 2 aromatic carbocycles. The van der Waals surface area contributed by atoms with Crippen molar-refractivity contribution in [2.45, 2.75) is 24.8 Å². The van der Waals surface area contributed by atoms with Crippen LogP contribution in [-0.2, 0) is 6.54 Å². The summed E-state index contributed by atoms with van der Waals surface area (Å²) in [5, 5.41) is 2.99. The average Bonchev–Trinajstić information content (AvgIpc) is 2.94. The highest BCUT2D eigenvalue weighted by molar-refractivity contribution is 7.98. The molecule has 4 nitrogen and oxygen atoms in total. The van der Waals surface area contributed by atoms with Crippen LogP contribution in [-0.4, -0.2) is 28.3 Å². The smallest absolute Gasteiger partial charge is 0.251 e. The maximum Gasteiger partial charge on any atom is 0.251 e. The maximum atomic E-state index is 12.1. The topological polar surface area (TPSA) is 46.9 Å². The van der Waals surface area contributed by atoms with Gasteiger partial charge in [-0.3, -0.25) is 4.79 Å². The Hall–Kier alpha value is -2.27. The molecule has 0 spiro atoms. The number of fused-ring (bicyclic) bond motifs is 1. The van der Waals surface area contributed by atoms with Crippen LogP contribution in [0.15, 0.2) is 53.4 Å². The third-order valence-electron chi connectivity index (χ3n) is 4.04. The van der Waals surface area contributed by atoms with Gasteiger partial charge in [-0.2, -0.15) is 0 Å². The van der Waals surface area contributed by atoms with Crippen LogP contribution < -0.4 is 5.32 Å². The Bertz CT molecular complexity index is 839. The van der Waals surface area contributed by atoms with Gasteiger partial charge < -0.3 is 9.88 Å². The number of thioether (sulfide) groups is 1. The molecule has 0 atom stereocenters. The normalized spacial score (nSPS) is 10.9. The van der Waals surface area contributed by atoms with Crippen molar-refractivity contribution in [1.82, 2.24) is 14.9 Å². The molecule has 1 heterocycles. The van der Waals surface area contributed by atoms with Crippen LogP contribution in [0.3, 0.4) is 0 Å². The van der Waals surface area contributed by atoms with Crippen LogP contribution in [0.5, 0.6) is 0 Å². The second kappa shape index (κ2) is 7.53. The van der Waals surface area contributed by atoms with Crippen molar-refractivity contribution in [3.05, 3.63) is 59.9 Å². The summed E-state index contributed by atoms with van der Waals surface area (Å²) in [6.07, 6.45) is 2.90. The lowest BCUT2D eigenvalue weighted by molar-refractivity contribution is 0.0952. The second-order valence-electron chi connectivity index (χ2n) is 5.64. The Kier molecular flexibility index (Phi) is 5.20. The summed E-state index contributed by atoms with van der Waals surface area (Å²) < 4.78 is 2.20. The minimum absolute atomic E-state index is 0.0186. The van der Waals surface area contributed by atoms with Crippen LogP contribution in [0, 0.1) is 6.92 Å². The highest BCUT2D eigenvalue weighted by Gasteiger charge is 2.07. The number of carbonyl (C=O) groups is 1. The number of carbonyl (C=O) groups excluding carboxylic acids is 1. The van der Waals surface area contributed by atoms with Gasteiger partial charge in [-0.1, -0.05) is 12.1 Å². The fourth-order valence-corrected chi connectivity index (χ4v) is 3.17. The molecule has 0 saturated heterocycles. The van der Waals surface area contributed by atoms with E-state index in [9.17, 15) is 4.79 Å². The van der Waals surface area contributed by atoms with E-state index in [1.165, 1.54) is 0 Å². The van der Waals surface area contributed by atoms with Crippen LogP contribution in [0.2, 0.25) is 0 Å². The molecule has 1 amide bonds. The van der Waals surface area contributed by atoms with E-state index in [0.29, 0.717) is 12.1 Å². The standard InChI is InChI=1S/C19H21N3OS/c1-14-21-17-6-3-4-7-18(17)22(14)13-5-12-20-19(23)15-8-10-16(24-2)11-9-15/h3-4,6-11H,5,12-13H2,1-2H3,(H,20,23). The predicted molar refractivity (Wildman–Crippen MR) is 99.6 cm³/mol. The zero-order valence-corrected chi connectivity index (χ0v) is 14.8. The molecule has 0 radical (unpaired) electrons. The first kappa shape index (κ1) is 16.6. The van der Waals surface area contributed by atoms with E-state index in [1.54, 1.807) is 11.8 Å². The number of aromatic nitrogens is 2. The number of imidazole rings is 1. The number of nitrogens with one attached hydrogen (secondary N) is 1. The maximum absolute atomic E-state index is 12.1. The summed E-state index contributed by atoms with van der Waals surface area (Å²) in [6.45, 7) is 3.51. The van der Waals surface area contributed by atoms with Crippen LogP contribution in [0.25, 0.3) is 11.0 Å². The number of amides is 1. The van der Waals surface area contributed by atoms with Crippen LogP contribution >= 0.6 is 11.8 Å². The van der Waals surface area contributed by atoms with Crippen molar-refractivity contribution in [2.75, 3.05) is 12.8 Å². The number of aryl methyl sites for hydroxylation is 2. The average molecular weight is 339 g/mol. The van der Waals surface area contributed by atoms with Gasteiger partial charge in [-0.25, -0.2) is 4.98 Å². The zero-order chi connectivity index (χ0) is 16.9. The van der Waals surface area contributed by atoms with Gasteiger partial charge in [0.1, 0.15) is 5.82 Å². The first-order valence-electron chi connectivity index (χ1n) is 8.03. The fourth-order valence-electron chi connectivity index (χ4n) is 2.76. The fraction of sp³-hybridized carbons (Fsp3) is 0.263. The molecule has 24 heavy (non-hydrogen) atoms. The number of benzene rings is 2. The van der Waals surface area contributed by atoms with E-state index in [1.807, 2.05) is 55.6 Å². The van der Waals surface area contributed by atoms with Crippen LogP contribution in [0.1, 0.15) is 22.6 Å². The van der Waals surface area contributed by atoms with Crippen molar-refractivity contribution >= 4 is 28.7 Å². The Labute approximate surface area is 146 Å². The van der Waals surface area contributed by atoms with Gasteiger partial charge in [0, 0.05) is 23.5 Å². The third-order valence-corrected chi connectivity index (χ3v) is 4.79. The highest BCUT2D eigenvalue weighted by Crippen LogP contribution is 2.16. The highest BCUT2D eigenvalue weighted by atomic mass is 32.2. The molecule has 0 fully saturated rings. The molecule has 0 aliphatic heterocycles. The molecule has 0 aliphatic rings. The third kappa shape index (κ3) is 3.62. The first-order valence-corrected chi connectivity index (χ1v) is 9.25. The monoisotopic (exact) mass is 339 g/mol. The lowest BCUT2D eigenvalue weighted by Crippen LogP contribution is -2.25. The molecule has 1 aromatic heterocycles. The van der Waals surface area contributed by atoms with Gasteiger partial charge in [0.05, 0.1) is 11.0 Å². The number of hydrogen-bond donors (Lipinski definition) is 1. The molecule has 0 saturated carbocycles. The van der Waals surface area contributed by atoms with E-state index in [4.69, 9.17) is 0 Å². The van der Waals surface area contributed by atoms with Crippen LogP contribution in [0.4, 0.5) is 0 Å². The summed E-state index contributed by atoms with van der Waals surface area (Å²) >= 11 is 1.67. The largest absolute Gasteiger partial charge is 0.352 e. The van der Waals surface area contributed by atoms with E-state index >= 15 is 0 Å². The molecule has 1 N–H and O–H groups in total. The van der Waals surface area contributed by atoms with Gasteiger partial charge >= 0.3 is 0 Å². The minimum atomic E-state index is -0.0186. The lowest BCUT2D eigenvalue weighted by atomic mass is 10.2. The van der Waals surface area contributed by atoms with Crippen molar-refractivity contribution < 1.29 is 4.79 Å². The minimum Gasteiger partial charge on any atom is -0.352 e.